The highest BCUT2D eigenvalue weighted by atomic mass is 16.6. The SMILES string of the molecule is CCCCC(C)OC(=O)CC(=O)OCC(C)C. The van der Waals surface area contributed by atoms with Crippen molar-refractivity contribution < 1.29 is 19.1 Å². The Bertz CT molecular complexity index is 236. The average molecular weight is 244 g/mol. The number of hydrogen-bond donors (Lipinski definition) is 0. The summed E-state index contributed by atoms with van der Waals surface area (Å²) in [5.74, 6) is -0.729. The molecule has 4 nitrogen and oxygen atoms in total. The predicted octanol–water partition coefficient (Wildman–Crippen LogP) is 2.70. The van der Waals surface area contributed by atoms with Crippen LogP contribution in [-0.4, -0.2) is 24.6 Å². The number of hydrogen-bond acceptors (Lipinski definition) is 4. The molecule has 0 aromatic rings. The summed E-state index contributed by atoms with van der Waals surface area (Å²) < 4.78 is 9.99. The number of carbonyl (C=O) groups is 2. The first kappa shape index (κ1) is 15.9. The topological polar surface area (TPSA) is 52.6 Å². The highest BCUT2D eigenvalue weighted by Crippen LogP contribution is 2.05. The smallest absolute Gasteiger partial charge is 0.317 e. The van der Waals surface area contributed by atoms with Crippen LogP contribution in [0.2, 0.25) is 0 Å². The Hall–Kier alpha value is -1.06. The zero-order valence-electron chi connectivity index (χ0n) is 11.3. The lowest BCUT2D eigenvalue weighted by Gasteiger charge is -2.12. The Morgan fingerprint density at radius 2 is 1.76 bits per heavy atom. The van der Waals surface area contributed by atoms with E-state index < -0.39 is 11.9 Å². The summed E-state index contributed by atoms with van der Waals surface area (Å²) in [6.45, 7) is 8.15. The Labute approximate surface area is 104 Å². The van der Waals surface area contributed by atoms with Gasteiger partial charge in [-0.15, -0.1) is 0 Å². The minimum atomic E-state index is -0.508. The van der Waals surface area contributed by atoms with E-state index in [1.807, 2.05) is 20.8 Å². The molecule has 0 amide bonds. The molecule has 0 fully saturated rings. The van der Waals surface area contributed by atoms with Gasteiger partial charge in [0.15, 0.2) is 0 Å². The number of rotatable bonds is 8. The van der Waals surface area contributed by atoms with Crippen LogP contribution in [0.15, 0.2) is 0 Å². The maximum atomic E-state index is 11.3. The first-order valence-electron chi connectivity index (χ1n) is 6.30. The maximum Gasteiger partial charge on any atom is 0.317 e. The number of unbranched alkanes of at least 4 members (excludes halogenated alkanes) is 1. The predicted molar refractivity (Wildman–Crippen MR) is 65.5 cm³/mol. The fourth-order valence-electron chi connectivity index (χ4n) is 1.25. The van der Waals surface area contributed by atoms with Crippen LogP contribution in [-0.2, 0) is 19.1 Å². The standard InChI is InChI=1S/C13H24O4/c1-5-6-7-11(4)17-13(15)8-12(14)16-9-10(2)3/h10-11H,5-9H2,1-4H3. The fraction of sp³-hybridized carbons (Fsp3) is 0.846. The lowest BCUT2D eigenvalue weighted by molar-refractivity contribution is -0.157. The first-order chi connectivity index (χ1) is 7.95. The van der Waals surface area contributed by atoms with Gasteiger partial charge >= 0.3 is 11.9 Å². The molecule has 0 aliphatic rings. The third kappa shape index (κ3) is 9.85. The summed E-state index contributed by atoms with van der Waals surface area (Å²) in [6, 6.07) is 0. The highest BCUT2D eigenvalue weighted by molar-refractivity contribution is 5.91. The molecule has 0 aromatic carbocycles. The van der Waals surface area contributed by atoms with E-state index in [0.717, 1.165) is 19.3 Å². The van der Waals surface area contributed by atoms with Crippen LogP contribution >= 0.6 is 0 Å². The van der Waals surface area contributed by atoms with Crippen LogP contribution in [0.4, 0.5) is 0 Å². The van der Waals surface area contributed by atoms with Crippen LogP contribution < -0.4 is 0 Å². The van der Waals surface area contributed by atoms with Crippen molar-refractivity contribution in [3.8, 4) is 0 Å². The van der Waals surface area contributed by atoms with Crippen LogP contribution in [0.3, 0.4) is 0 Å². The van der Waals surface area contributed by atoms with Gasteiger partial charge in [-0.2, -0.15) is 0 Å². The molecule has 0 spiro atoms. The number of carbonyl (C=O) groups excluding carboxylic acids is 2. The van der Waals surface area contributed by atoms with Crippen molar-refractivity contribution in [2.75, 3.05) is 6.61 Å². The molecule has 0 rings (SSSR count). The van der Waals surface area contributed by atoms with Gasteiger partial charge in [0.2, 0.25) is 0 Å². The summed E-state index contributed by atoms with van der Waals surface area (Å²) in [7, 11) is 0. The van der Waals surface area contributed by atoms with Crippen LogP contribution in [0.25, 0.3) is 0 Å². The van der Waals surface area contributed by atoms with Gasteiger partial charge in [0, 0.05) is 0 Å². The first-order valence-corrected chi connectivity index (χ1v) is 6.30. The van der Waals surface area contributed by atoms with Gasteiger partial charge in [0.25, 0.3) is 0 Å². The van der Waals surface area contributed by atoms with Crippen molar-refractivity contribution >= 4 is 11.9 Å². The summed E-state index contributed by atoms with van der Waals surface area (Å²) in [5.41, 5.74) is 0. The normalized spacial score (nSPS) is 12.3. The molecule has 1 unspecified atom stereocenters. The van der Waals surface area contributed by atoms with Crippen LogP contribution in [0, 0.1) is 5.92 Å². The molecule has 0 aliphatic carbocycles. The van der Waals surface area contributed by atoms with E-state index in [1.54, 1.807) is 0 Å². The zero-order valence-corrected chi connectivity index (χ0v) is 11.3. The highest BCUT2D eigenvalue weighted by Gasteiger charge is 2.15. The Morgan fingerprint density at radius 3 is 2.29 bits per heavy atom. The molecule has 0 N–H and O–H groups in total. The van der Waals surface area contributed by atoms with Gasteiger partial charge in [0.05, 0.1) is 12.7 Å². The van der Waals surface area contributed by atoms with Gasteiger partial charge in [-0.25, -0.2) is 0 Å². The van der Waals surface area contributed by atoms with Gasteiger partial charge in [-0.1, -0.05) is 33.6 Å². The zero-order chi connectivity index (χ0) is 13.3. The molecule has 0 saturated carbocycles. The monoisotopic (exact) mass is 244 g/mol. The van der Waals surface area contributed by atoms with Crippen molar-refractivity contribution in [3.63, 3.8) is 0 Å². The molecule has 0 saturated heterocycles. The average Bonchev–Trinajstić information content (AvgIpc) is 2.23. The van der Waals surface area contributed by atoms with Crippen molar-refractivity contribution in [1.82, 2.24) is 0 Å². The van der Waals surface area contributed by atoms with E-state index in [-0.39, 0.29) is 18.4 Å². The van der Waals surface area contributed by atoms with Crippen LogP contribution in [0.1, 0.15) is 53.4 Å². The summed E-state index contributed by atoms with van der Waals surface area (Å²) in [6.07, 6.45) is 2.51. The van der Waals surface area contributed by atoms with Crippen molar-refractivity contribution in [1.29, 1.82) is 0 Å². The fourth-order valence-corrected chi connectivity index (χ4v) is 1.25. The van der Waals surface area contributed by atoms with E-state index >= 15 is 0 Å². The van der Waals surface area contributed by atoms with Crippen molar-refractivity contribution in [3.05, 3.63) is 0 Å². The van der Waals surface area contributed by atoms with Gasteiger partial charge in [-0.05, 0) is 19.3 Å². The lowest BCUT2D eigenvalue weighted by atomic mass is 10.2. The van der Waals surface area contributed by atoms with Crippen molar-refractivity contribution in [2.24, 2.45) is 5.92 Å². The minimum Gasteiger partial charge on any atom is -0.465 e. The largest absolute Gasteiger partial charge is 0.465 e. The Balaban J connectivity index is 3.73. The van der Waals surface area contributed by atoms with E-state index in [1.165, 1.54) is 0 Å². The molecular formula is C13H24O4. The summed E-state index contributed by atoms with van der Waals surface area (Å²) in [4.78, 5) is 22.6. The second kappa shape index (κ2) is 9.02. The van der Waals surface area contributed by atoms with E-state index in [4.69, 9.17) is 9.47 Å². The van der Waals surface area contributed by atoms with Gasteiger partial charge < -0.3 is 9.47 Å². The third-order valence-corrected chi connectivity index (χ3v) is 2.16. The van der Waals surface area contributed by atoms with E-state index in [2.05, 4.69) is 6.92 Å². The second-order valence-corrected chi connectivity index (χ2v) is 4.70. The molecule has 1 atom stereocenters. The summed E-state index contributed by atoms with van der Waals surface area (Å²) >= 11 is 0. The molecule has 0 radical (unpaired) electrons. The molecule has 0 heterocycles. The second-order valence-electron chi connectivity index (χ2n) is 4.70. The molecule has 0 bridgehead atoms. The molecule has 17 heavy (non-hydrogen) atoms. The quantitative estimate of drug-likeness (QED) is 0.486. The number of esters is 2. The molecular weight excluding hydrogens is 220 g/mol. The van der Waals surface area contributed by atoms with Crippen molar-refractivity contribution in [2.45, 2.75) is 59.5 Å². The van der Waals surface area contributed by atoms with E-state index in [9.17, 15) is 9.59 Å². The third-order valence-electron chi connectivity index (χ3n) is 2.16. The maximum absolute atomic E-state index is 11.3. The summed E-state index contributed by atoms with van der Waals surface area (Å²) in [5, 5.41) is 0. The molecule has 4 heteroatoms. The van der Waals surface area contributed by atoms with Gasteiger partial charge in [0.1, 0.15) is 6.42 Å². The molecule has 0 aromatic heterocycles. The number of ether oxygens (including phenoxy) is 2. The van der Waals surface area contributed by atoms with Crippen LogP contribution in [0.5, 0.6) is 0 Å². The Kier molecular flexibility index (Phi) is 8.46. The molecule has 100 valence electrons. The van der Waals surface area contributed by atoms with E-state index in [0.29, 0.717) is 6.61 Å². The van der Waals surface area contributed by atoms with Gasteiger partial charge in [-0.3, -0.25) is 9.59 Å². The minimum absolute atomic E-state index is 0.125. The lowest BCUT2D eigenvalue weighted by Crippen LogP contribution is -2.20. The Morgan fingerprint density at radius 1 is 1.12 bits per heavy atom. The molecule has 0 aliphatic heterocycles.